The minimum absolute atomic E-state index is 0.192. The van der Waals surface area contributed by atoms with Crippen molar-refractivity contribution in [2.45, 2.75) is 24.0 Å². The predicted octanol–water partition coefficient (Wildman–Crippen LogP) is 5.74. The first-order chi connectivity index (χ1) is 19.6. The van der Waals surface area contributed by atoms with Gasteiger partial charge in [-0.15, -0.1) is 11.3 Å². The summed E-state index contributed by atoms with van der Waals surface area (Å²) in [5, 5.41) is 1.88. The Bertz CT molecular complexity index is 1660. The van der Waals surface area contributed by atoms with Crippen LogP contribution in [0.3, 0.4) is 0 Å². The number of halogens is 3. The van der Waals surface area contributed by atoms with Crippen LogP contribution in [0.15, 0.2) is 88.1 Å². The Balaban J connectivity index is 1.50. The highest BCUT2D eigenvalue weighted by Gasteiger charge is 2.30. The lowest BCUT2D eigenvalue weighted by atomic mass is 10.1. The number of alkyl halides is 3. The molecule has 0 atom stereocenters. The Morgan fingerprint density at radius 3 is 2.37 bits per heavy atom. The van der Waals surface area contributed by atoms with Crippen molar-refractivity contribution in [1.29, 1.82) is 0 Å². The van der Waals surface area contributed by atoms with Gasteiger partial charge in [0.05, 0.1) is 42.2 Å². The van der Waals surface area contributed by atoms with E-state index in [0.717, 1.165) is 34.7 Å². The van der Waals surface area contributed by atoms with E-state index >= 15 is 0 Å². The van der Waals surface area contributed by atoms with Gasteiger partial charge in [0.2, 0.25) is 10.0 Å². The average molecular weight is 604 g/mol. The largest absolute Gasteiger partial charge is 0.497 e. The normalized spacial score (nSPS) is 15.3. The predicted molar refractivity (Wildman–Crippen MR) is 151 cm³/mol. The van der Waals surface area contributed by atoms with E-state index < -0.39 is 21.8 Å². The second kappa shape index (κ2) is 12.2. The van der Waals surface area contributed by atoms with Crippen molar-refractivity contribution in [2.24, 2.45) is 4.99 Å². The second-order valence-corrected chi connectivity index (χ2v) is 12.1. The van der Waals surface area contributed by atoms with Gasteiger partial charge in [-0.05, 0) is 60.0 Å². The first kappa shape index (κ1) is 29.1. The molecule has 2 heterocycles. The second-order valence-electron chi connectivity index (χ2n) is 9.35. The van der Waals surface area contributed by atoms with Crippen LogP contribution in [0.1, 0.15) is 11.1 Å². The summed E-state index contributed by atoms with van der Waals surface area (Å²) in [5.74, 6) is 0.741. The van der Waals surface area contributed by atoms with Crippen LogP contribution in [0.25, 0.3) is 11.3 Å². The molecule has 0 spiro atoms. The van der Waals surface area contributed by atoms with Crippen molar-refractivity contribution in [3.05, 3.63) is 94.1 Å². The third-order valence-corrected chi connectivity index (χ3v) is 9.51. The molecular weight excluding hydrogens is 575 g/mol. The highest BCUT2D eigenvalue weighted by Crippen LogP contribution is 2.31. The highest BCUT2D eigenvalue weighted by molar-refractivity contribution is 7.89. The van der Waals surface area contributed by atoms with Crippen molar-refractivity contribution in [1.82, 2.24) is 8.87 Å². The molecule has 0 unspecified atom stereocenters. The molecule has 1 saturated heterocycles. The number of benzene rings is 3. The molecular formula is C29H28F3N3O4S2. The van der Waals surface area contributed by atoms with Gasteiger partial charge >= 0.3 is 6.18 Å². The molecule has 1 aliphatic rings. The van der Waals surface area contributed by atoms with Gasteiger partial charge in [-0.1, -0.05) is 30.3 Å². The molecule has 0 bridgehead atoms. The molecule has 1 aromatic heterocycles. The molecule has 0 N–H and O–H groups in total. The van der Waals surface area contributed by atoms with Crippen molar-refractivity contribution in [3.8, 4) is 17.0 Å². The fraction of sp³-hybridized carbons (Fsp3) is 0.276. The van der Waals surface area contributed by atoms with Crippen LogP contribution in [0.4, 0.5) is 18.9 Å². The van der Waals surface area contributed by atoms with Gasteiger partial charge in [-0.2, -0.15) is 17.5 Å². The van der Waals surface area contributed by atoms with Gasteiger partial charge < -0.3 is 14.0 Å². The van der Waals surface area contributed by atoms with E-state index in [9.17, 15) is 21.6 Å². The molecule has 12 heteroatoms. The first-order valence-corrected chi connectivity index (χ1v) is 15.2. The van der Waals surface area contributed by atoms with E-state index in [2.05, 4.69) is 4.99 Å². The minimum atomic E-state index is -4.47. The van der Waals surface area contributed by atoms with Gasteiger partial charge in [0, 0.05) is 25.0 Å². The number of hydrogen-bond donors (Lipinski definition) is 0. The summed E-state index contributed by atoms with van der Waals surface area (Å²) < 4.78 is 79.9. The zero-order chi connectivity index (χ0) is 29.0. The van der Waals surface area contributed by atoms with E-state index in [1.165, 1.54) is 27.8 Å². The molecule has 0 amide bonds. The number of rotatable bonds is 8. The van der Waals surface area contributed by atoms with Crippen LogP contribution >= 0.6 is 11.3 Å². The van der Waals surface area contributed by atoms with Crippen LogP contribution in [0, 0.1) is 0 Å². The fourth-order valence-corrected chi connectivity index (χ4v) is 6.86. The first-order valence-electron chi connectivity index (χ1n) is 12.9. The summed E-state index contributed by atoms with van der Waals surface area (Å²) in [4.78, 5) is 5.28. The molecule has 216 valence electrons. The van der Waals surface area contributed by atoms with Crippen molar-refractivity contribution >= 4 is 27.0 Å². The van der Waals surface area contributed by atoms with Gasteiger partial charge in [-0.25, -0.2) is 13.4 Å². The van der Waals surface area contributed by atoms with E-state index in [4.69, 9.17) is 9.47 Å². The monoisotopic (exact) mass is 603 g/mol. The summed E-state index contributed by atoms with van der Waals surface area (Å²) in [6.45, 7) is 1.83. The smallest absolute Gasteiger partial charge is 0.416 e. The lowest BCUT2D eigenvalue weighted by Crippen LogP contribution is -2.40. The Morgan fingerprint density at radius 2 is 1.71 bits per heavy atom. The van der Waals surface area contributed by atoms with Crippen LogP contribution in [0.2, 0.25) is 0 Å². The van der Waals surface area contributed by atoms with Crippen molar-refractivity contribution < 1.29 is 31.1 Å². The Morgan fingerprint density at radius 1 is 1.00 bits per heavy atom. The third-order valence-electron chi connectivity index (χ3n) is 6.74. The van der Waals surface area contributed by atoms with Crippen LogP contribution < -0.4 is 9.54 Å². The molecule has 7 nitrogen and oxygen atoms in total. The molecule has 0 aliphatic carbocycles. The standard InChI is InChI=1S/C29H28F3N3O4S2/c1-38-25-9-5-21(6-10-25)13-14-35-27(20-40-28(35)33-24-4-2-3-23(19-24)29(30,31)32)22-7-11-26(12-8-22)41(36,37)34-15-17-39-18-16-34/h2-12,19-20H,13-18H2,1H3. The number of methoxy groups -OCH3 is 1. The Kier molecular flexibility index (Phi) is 8.64. The minimum Gasteiger partial charge on any atom is -0.497 e. The van der Waals surface area contributed by atoms with E-state index in [-0.39, 0.29) is 10.6 Å². The number of aryl methyl sites for hydroxylation is 1. The zero-order valence-corrected chi connectivity index (χ0v) is 23.8. The molecule has 5 rings (SSSR count). The number of sulfonamides is 1. The maximum Gasteiger partial charge on any atom is 0.416 e. The maximum absolute atomic E-state index is 13.3. The maximum atomic E-state index is 13.3. The Labute approximate surface area is 240 Å². The summed E-state index contributed by atoms with van der Waals surface area (Å²) >= 11 is 1.31. The number of aromatic nitrogens is 1. The average Bonchev–Trinajstić information content (AvgIpc) is 3.38. The van der Waals surface area contributed by atoms with E-state index in [0.29, 0.717) is 44.1 Å². The SMILES string of the molecule is COc1ccc(CCn2c(-c3ccc(S(=O)(=O)N4CCOCC4)cc3)csc2=Nc2cccc(C(F)(F)F)c2)cc1. The van der Waals surface area contributed by atoms with Crippen LogP contribution in [-0.2, 0) is 33.9 Å². The quantitative estimate of drug-likeness (QED) is 0.258. The lowest BCUT2D eigenvalue weighted by molar-refractivity contribution is -0.137. The summed E-state index contributed by atoms with van der Waals surface area (Å²) in [6, 6.07) is 19.2. The molecule has 4 aromatic rings. The van der Waals surface area contributed by atoms with Crippen LogP contribution in [-0.4, -0.2) is 50.7 Å². The van der Waals surface area contributed by atoms with Crippen molar-refractivity contribution in [3.63, 3.8) is 0 Å². The van der Waals surface area contributed by atoms with E-state index in [1.54, 1.807) is 31.4 Å². The molecule has 0 radical (unpaired) electrons. The van der Waals surface area contributed by atoms with E-state index in [1.807, 2.05) is 34.2 Å². The fourth-order valence-electron chi connectivity index (χ4n) is 4.49. The number of thiazole rings is 1. The number of hydrogen-bond acceptors (Lipinski definition) is 6. The van der Waals surface area contributed by atoms with Gasteiger partial charge in [-0.3, -0.25) is 0 Å². The Hall–Kier alpha value is -3.45. The van der Waals surface area contributed by atoms with Crippen LogP contribution in [0.5, 0.6) is 5.75 Å². The summed E-state index contributed by atoms with van der Waals surface area (Å²) in [7, 11) is -2.05. The summed E-state index contributed by atoms with van der Waals surface area (Å²) in [6.07, 6.45) is -3.84. The van der Waals surface area contributed by atoms with Crippen molar-refractivity contribution in [2.75, 3.05) is 33.4 Å². The summed E-state index contributed by atoms with van der Waals surface area (Å²) in [5.41, 5.74) is 2.02. The molecule has 0 saturated carbocycles. The topological polar surface area (TPSA) is 73.1 Å². The van der Waals surface area contributed by atoms with Gasteiger partial charge in [0.25, 0.3) is 0 Å². The van der Waals surface area contributed by atoms with Gasteiger partial charge in [0.1, 0.15) is 5.75 Å². The number of ether oxygens (including phenoxy) is 2. The zero-order valence-electron chi connectivity index (χ0n) is 22.2. The molecule has 1 aliphatic heterocycles. The molecule has 41 heavy (non-hydrogen) atoms. The molecule has 3 aromatic carbocycles. The van der Waals surface area contributed by atoms with Gasteiger partial charge in [0.15, 0.2) is 4.80 Å². The molecule has 1 fully saturated rings. The number of morpholine rings is 1. The third kappa shape index (κ3) is 6.72. The lowest BCUT2D eigenvalue weighted by Gasteiger charge is -2.26. The number of nitrogens with zero attached hydrogens (tertiary/aromatic N) is 3. The highest BCUT2D eigenvalue weighted by atomic mass is 32.2.